The second kappa shape index (κ2) is 4.66. The van der Waals surface area contributed by atoms with E-state index in [0.717, 1.165) is 24.0 Å². The maximum atomic E-state index is 11.8. The largest absolute Gasteiger partial charge is 0.381 e. The van der Waals surface area contributed by atoms with Crippen molar-refractivity contribution in [1.82, 2.24) is 9.97 Å². The molecule has 0 spiro atoms. The van der Waals surface area contributed by atoms with Gasteiger partial charge in [0.2, 0.25) is 0 Å². The second-order valence-electron chi connectivity index (χ2n) is 5.39. The summed E-state index contributed by atoms with van der Waals surface area (Å²) in [6.45, 7) is 0. The average Bonchev–Trinajstić information content (AvgIpc) is 2.93. The molecule has 20 heavy (non-hydrogen) atoms. The number of benzene rings is 1. The Morgan fingerprint density at radius 3 is 2.70 bits per heavy atom. The summed E-state index contributed by atoms with van der Waals surface area (Å²) < 4.78 is 23.5. The number of hydrogen-bond donors (Lipinski definition) is 3. The molecule has 1 heterocycles. The Balaban J connectivity index is 1.87. The normalized spacial score (nSPS) is 23.2. The van der Waals surface area contributed by atoms with Gasteiger partial charge in [-0.05, 0) is 37.5 Å². The van der Waals surface area contributed by atoms with Gasteiger partial charge in [0, 0.05) is 18.0 Å². The van der Waals surface area contributed by atoms with E-state index in [4.69, 9.17) is 0 Å². The van der Waals surface area contributed by atoms with Gasteiger partial charge < -0.3 is 15.3 Å². The van der Waals surface area contributed by atoms with Gasteiger partial charge in [-0.3, -0.25) is 0 Å². The molecule has 0 aliphatic heterocycles. The number of H-pyrrole nitrogens is 2. The van der Waals surface area contributed by atoms with E-state index in [-0.39, 0.29) is 17.0 Å². The van der Waals surface area contributed by atoms with Gasteiger partial charge in [0.1, 0.15) is 0 Å². The average molecular weight is 295 g/mol. The van der Waals surface area contributed by atoms with Crippen molar-refractivity contribution < 1.29 is 8.42 Å². The van der Waals surface area contributed by atoms with Crippen molar-refractivity contribution in [3.05, 3.63) is 28.7 Å². The number of sulfone groups is 1. The lowest BCUT2D eigenvalue weighted by Crippen LogP contribution is -2.34. The van der Waals surface area contributed by atoms with E-state index >= 15 is 0 Å². The number of hydrogen-bond acceptors (Lipinski definition) is 4. The van der Waals surface area contributed by atoms with Gasteiger partial charge in [-0.1, -0.05) is 0 Å². The fourth-order valence-electron chi connectivity index (χ4n) is 2.94. The monoisotopic (exact) mass is 295 g/mol. The molecule has 0 saturated heterocycles. The molecule has 7 heteroatoms. The van der Waals surface area contributed by atoms with Gasteiger partial charge in [0.15, 0.2) is 9.84 Å². The van der Waals surface area contributed by atoms with Gasteiger partial charge in [-0.25, -0.2) is 13.2 Å². The predicted octanol–water partition coefficient (Wildman–Crippen LogP) is 1.23. The van der Waals surface area contributed by atoms with E-state index in [1.54, 1.807) is 6.07 Å². The topological polar surface area (TPSA) is 94.8 Å². The Morgan fingerprint density at radius 2 is 1.95 bits per heavy atom. The Labute approximate surface area is 116 Å². The quantitative estimate of drug-likeness (QED) is 0.794. The summed E-state index contributed by atoms with van der Waals surface area (Å²) in [5, 5.41) is 2.95. The number of aromatic nitrogens is 2. The zero-order valence-electron chi connectivity index (χ0n) is 11.1. The van der Waals surface area contributed by atoms with Gasteiger partial charge in [0.05, 0.1) is 16.3 Å². The molecule has 1 aliphatic rings. The minimum absolute atomic E-state index is 0.0619. The fourth-order valence-corrected chi connectivity index (χ4v) is 4.34. The molecular formula is C13H17N3O3S. The molecule has 1 aliphatic carbocycles. The summed E-state index contributed by atoms with van der Waals surface area (Å²) in [5.74, 6) is 0. The van der Waals surface area contributed by atoms with Gasteiger partial charge in [-0.2, -0.15) is 0 Å². The Morgan fingerprint density at radius 1 is 1.20 bits per heavy atom. The maximum Gasteiger partial charge on any atom is 0.323 e. The number of anilines is 1. The smallest absolute Gasteiger partial charge is 0.323 e. The first-order valence-electron chi connectivity index (χ1n) is 6.61. The molecule has 0 radical (unpaired) electrons. The summed E-state index contributed by atoms with van der Waals surface area (Å²) in [4.78, 5) is 16.6. The molecule has 108 valence electrons. The van der Waals surface area contributed by atoms with E-state index in [2.05, 4.69) is 15.3 Å². The van der Waals surface area contributed by atoms with Gasteiger partial charge >= 0.3 is 5.69 Å². The highest BCUT2D eigenvalue weighted by molar-refractivity contribution is 7.91. The van der Waals surface area contributed by atoms with Crippen LogP contribution in [-0.2, 0) is 9.84 Å². The Kier molecular flexibility index (Phi) is 3.08. The minimum atomic E-state index is -3.04. The highest BCUT2D eigenvalue weighted by atomic mass is 32.2. The highest BCUT2D eigenvalue weighted by Gasteiger charge is 2.34. The second-order valence-corrected chi connectivity index (χ2v) is 7.65. The van der Waals surface area contributed by atoms with Crippen LogP contribution in [0.4, 0.5) is 5.69 Å². The lowest BCUT2D eigenvalue weighted by molar-refractivity contribution is 0.579. The fraction of sp³-hybridized carbons (Fsp3) is 0.462. The van der Waals surface area contributed by atoms with Crippen molar-refractivity contribution in [1.29, 1.82) is 0 Å². The first-order valence-corrected chi connectivity index (χ1v) is 8.56. The van der Waals surface area contributed by atoms with E-state index in [0.29, 0.717) is 11.9 Å². The third kappa shape index (κ3) is 2.45. The highest BCUT2D eigenvalue weighted by Crippen LogP contribution is 2.28. The van der Waals surface area contributed by atoms with Gasteiger partial charge in [-0.15, -0.1) is 0 Å². The van der Waals surface area contributed by atoms with Crippen LogP contribution in [0.1, 0.15) is 19.3 Å². The van der Waals surface area contributed by atoms with Crippen LogP contribution in [0.2, 0.25) is 0 Å². The van der Waals surface area contributed by atoms with Crippen molar-refractivity contribution >= 4 is 26.6 Å². The molecule has 2 unspecified atom stereocenters. The molecule has 1 aromatic heterocycles. The van der Waals surface area contributed by atoms with Crippen LogP contribution in [0.25, 0.3) is 11.0 Å². The summed E-state index contributed by atoms with van der Waals surface area (Å²) in [5.41, 5.74) is 2.04. The molecule has 1 saturated carbocycles. The van der Waals surface area contributed by atoms with Crippen molar-refractivity contribution in [2.75, 3.05) is 11.6 Å². The van der Waals surface area contributed by atoms with E-state index in [1.165, 1.54) is 6.26 Å². The summed E-state index contributed by atoms with van der Waals surface area (Å²) in [6, 6.07) is 5.42. The predicted molar refractivity (Wildman–Crippen MR) is 78.8 cm³/mol. The first kappa shape index (κ1) is 13.2. The molecule has 1 fully saturated rings. The number of nitrogens with one attached hydrogen (secondary N) is 3. The van der Waals surface area contributed by atoms with Crippen LogP contribution in [-0.4, -0.2) is 35.9 Å². The zero-order chi connectivity index (χ0) is 14.3. The third-order valence-corrected chi connectivity index (χ3v) is 5.53. The molecule has 2 aromatic rings. The van der Waals surface area contributed by atoms with Crippen molar-refractivity contribution in [2.24, 2.45) is 0 Å². The number of aromatic amines is 2. The molecule has 3 rings (SSSR count). The van der Waals surface area contributed by atoms with Crippen LogP contribution in [0.5, 0.6) is 0 Å². The van der Waals surface area contributed by atoms with Crippen molar-refractivity contribution in [3.63, 3.8) is 0 Å². The molecule has 6 nitrogen and oxygen atoms in total. The SMILES string of the molecule is CS(=O)(=O)C1CCCC1Nc1ccc2[nH]c(=O)[nH]c2c1. The van der Waals surface area contributed by atoms with E-state index in [1.807, 2.05) is 12.1 Å². The lowest BCUT2D eigenvalue weighted by atomic mass is 10.2. The summed E-state index contributed by atoms with van der Waals surface area (Å²) in [6.07, 6.45) is 3.77. The lowest BCUT2D eigenvalue weighted by Gasteiger charge is -2.20. The molecule has 0 bridgehead atoms. The third-order valence-electron chi connectivity index (χ3n) is 3.87. The molecule has 3 N–H and O–H groups in total. The van der Waals surface area contributed by atoms with Crippen LogP contribution >= 0.6 is 0 Å². The van der Waals surface area contributed by atoms with Crippen LogP contribution in [0.3, 0.4) is 0 Å². The van der Waals surface area contributed by atoms with Crippen molar-refractivity contribution in [2.45, 2.75) is 30.6 Å². The maximum absolute atomic E-state index is 11.8. The van der Waals surface area contributed by atoms with Crippen LogP contribution < -0.4 is 11.0 Å². The zero-order valence-corrected chi connectivity index (χ0v) is 12.0. The van der Waals surface area contributed by atoms with Crippen molar-refractivity contribution in [3.8, 4) is 0 Å². The first-order chi connectivity index (χ1) is 9.43. The standard InChI is InChI=1S/C13H17N3O3S/c1-20(18,19)12-4-2-3-10(12)14-8-5-6-9-11(7-8)16-13(17)15-9/h5-7,10,12,14H,2-4H2,1H3,(H2,15,16,17). The number of rotatable bonds is 3. The number of fused-ring (bicyclic) bond motifs is 1. The number of imidazole rings is 1. The van der Waals surface area contributed by atoms with Crippen LogP contribution in [0.15, 0.2) is 23.0 Å². The Hall–Kier alpha value is -1.76. The molecule has 0 amide bonds. The van der Waals surface area contributed by atoms with E-state index < -0.39 is 9.84 Å². The minimum Gasteiger partial charge on any atom is -0.381 e. The van der Waals surface area contributed by atoms with Gasteiger partial charge in [0.25, 0.3) is 0 Å². The summed E-state index contributed by atoms with van der Waals surface area (Å²) in [7, 11) is -3.04. The van der Waals surface area contributed by atoms with E-state index in [9.17, 15) is 13.2 Å². The molecule has 1 aromatic carbocycles. The summed E-state index contributed by atoms with van der Waals surface area (Å²) >= 11 is 0. The Bertz CT molecular complexity index is 791. The molecular weight excluding hydrogens is 278 g/mol. The van der Waals surface area contributed by atoms with Crippen LogP contribution in [0, 0.1) is 0 Å². The molecule has 2 atom stereocenters.